The van der Waals surface area contributed by atoms with Crippen molar-refractivity contribution >= 4 is 23.2 Å². The van der Waals surface area contributed by atoms with Crippen LogP contribution < -0.4 is 5.32 Å². The fourth-order valence-electron chi connectivity index (χ4n) is 2.09. The second kappa shape index (κ2) is 9.72. The molecule has 1 aromatic carbocycles. The number of aryl methyl sites for hydroxylation is 1. The number of carbonyl (C=O) groups is 1. The van der Waals surface area contributed by atoms with Gasteiger partial charge in [-0.15, -0.1) is 0 Å². The number of halogens is 18. The number of alkyl halides is 17. The van der Waals surface area contributed by atoms with Gasteiger partial charge in [-0.2, -0.15) is 74.6 Å². The molecule has 0 saturated heterocycles. The normalized spacial score (nSPS) is 17.6. The Balaban J connectivity index is 3.67. The molecule has 0 aliphatic heterocycles. The van der Waals surface area contributed by atoms with Gasteiger partial charge in [0, 0.05) is 10.7 Å². The van der Waals surface area contributed by atoms with Gasteiger partial charge in [0.2, 0.25) is 0 Å². The molecule has 0 saturated carbocycles. The van der Waals surface area contributed by atoms with Gasteiger partial charge in [0.25, 0.3) is 5.91 Å². The van der Waals surface area contributed by atoms with Crippen LogP contribution >= 0.6 is 11.6 Å². The summed E-state index contributed by atoms with van der Waals surface area (Å²) in [4.78, 5) is 11.8. The van der Waals surface area contributed by atoms with E-state index in [1.165, 1.54) is 4.74 Å². The number of benzene rings is 1. The highest BCUT2D eigenvalue weighted by atomic mass is 35.5. The zero-order valence-corrected chi connectivity index (χ0v) is 18.0. The maximum atomic E-state index is 14.5. The Morgan fingerprint density at radius 1 is 0.711 bits per heavy atom. The first kappa shape index (κ1) is 33.7. The van der Waals surface area contributed by atoms with Crippen LogP contribution in [-0.4, -0.2) is 54.3 Å². The lowest BCUT2D eigenvalue weighted by atomic mass is 10.1. The van der Waals surface area contributed by atoms with Crippen LogP contribution in [0.5, 0.6) is 0 Å². The molecule has 4 nitrogen and oxygen atoms in total. The predicted octanol–water partition coefficient (Wildman–Crippen LogP) is 7.46. The summed E-state index contributed by atoms with van der Waals surface area (Å²) in [6, 6.07) is 2.41. The van der Waals surface area contributed by atoms with Gasteiger partial charge >= 0.3 is 48.4 Å². The number of nitrogens with one attached hydrogen (secondary N) is 1. The minimum absolute atomic E-state index is 0.327. The van der Waals surface area contributed by atoms with Gasteiger partial charge in [0.05, 0.1) is 0 Å². The topological polar surface area (TPSA) is 47.6 Å². The molecule has 0 spiro atoms. The third-order valence-corrected chi connectivity index (χ3v) is 4.34. The van der Waals surface area contributed by atoms with Crippen molar-refractivity contribution < 1.29 is 88.9 Å². The molecule has 0 heterocycles. The van der Waals surface area contributed by atoms with Crippen LogP contribution in [0.15, 0.2) is 18.2 Å². The van der Waals surface area contributed by atoms with Crippen molar-refractivity contribution in [3.8, 4) is 0 Å². The Morgan fingerprint density at radius 2 is 1.18 bits per heavy atom. The molecule has 1 N–H and O–H groups in total. The Bertz CT molecular complexity index is 1040. The van der Waals surface area contributed by atoms with E-state index in [1.54, 1.807) is 0 Å². The van der Waals surface area contributed by atoms with E-state index in [0.717, 1.165) is 24.4 Å². The average molecular weight is 620 g/mol. The van der Waals surface area contributed by atoms with E-state index < -0.39 is 65.0 Å². The number of rotatable bonds is 8. The second-order valence-corrected chi connectivity index (χ2v) is 7.35. The van der Waals surface area contributed by atoms with E-state index in [-0.39, 0.29) is 5.56 Å². The van der Waals surface area contributed by atoms with Crippen molar-refractivity contribution in [3.05, 3.63) is 28.8 Å². The molecule has 0 aliphatic rings. The maximum absolute atomic E-state index is 14.5. The van der Waals surface area contributed by atoms with Crippen LogP contribution in [0.1, 0.15) is 5.56 Å². The first-order valence-electron chi connectivity index (χ1n) is 8.66. The Hall–Kier alpha value is -2.29. The smallest absolute Gasteiger partial charge is 0.320 e. The minimum atomic E-state index is -8.08. The molecule has 0 aliphatic carbocycles. The largest absolute Gasteiger partial charge is 0.462 e. The highest BCUT2D eigenvalue weighted by Crippen LogP contribution is 2.56. The van der Waals surface area contributed by atoms with Crippen molar-refractivity contribution in [1.82, 2.24) is 0 Å². The number of hydrogen-bond donors (Lipinski definition) is 1. The summed E-state index contributed by atoms with van der Waals surface area (Å²) in [7, 11) is 0. The van der Waals surface area contributed by atoms with Crippen LogP contribution in [-0.2, 0) is 14.3 Å². The molecule has 2 unspecified atom stereocenters. The van der Waals surface area contributed by atoms with E-state index >= 15 is 0 Å². The zero-order valence-electron chi connectivity index (χ0n) is 17.3. The molecule has 1 rings (SSSR count). The van der Waals surface area contributed by atoms with Crippen LogP contribution in [0.25, 0.3) is 0 Å². The Morgan fingerprint density at radius 3 is 1.58 bits per heavy atom. The molecule has 0 aromatic heterocycles. The number of amides is 1. The standard InChI is InChI=1S/C16H7ClF17NO3/c1-5-2-3-6(17)4-7(5)35-8(36)9(18,12(22,23)24)37-16(33,34)11(21,14(28,29)30)38-15(31,32)10(19,20)13(25,26)27/h2-4H,1H3,(H,35,36). The second-order valence-electron chi connectivity index (χ2n) is 6.91. The third-order valence-electron chi connectivity index (χ3n) is 4.10. The molecule has 0 bridgehead atoms. The fraction of sp³-hybridized carbons (Fsp3) is 0.562. The predicted molar refractivity (Wildman–Crippen MR) is 87.7 cm³/mol. The van der Waals surface area contributed by atoms with Gasteiger partial charge in [-0.05, 0) is 24.6 Å². The van der Waals surface area contributed by atoms with E-state index in [9.17, 15) is 79.4 Å². The lowest BCUT2D eigenvalue weighted by Crippen LogP contribution is -2.68. The molecule has 22 heteroatoms. The Labute approximate surface area is 202 Å². The molecule has 0 radical (unpaired) electrons. The summed E-state index contributed by atoms with van der Waals surface area (Å²) in [5, 5.41) is 0.430. The van der Waals surface area contributed by atoms with E-state index in [2.05, 4.69) is 0 Å². The van der Waals surface area contributed by atoms with Gasteiger partial charge in [-0.1, -0.05) is 17.7 Å². The monoisotopic (exact) mass is 619 g/mol. The molecule has 1 amide bonds. The van der Waals surface area contributed by atoms with E-state index in [0.29, 0.717) is 6.07 Å². The summed E-state index contributed by atoms with van der Waals surface area (Å²) in [5.41, 5.74) is -1.29. The summed E-state index contributed by atoms with van der Waals surface area (Å²) in [6.07, 6.45) is -38.7. The molecule has 38 heavy (non-hydrogen) atoms. The lowest BCUT2D eigenvalue weighted by Gasteiger charge is -2.40. The van der Waals surface area contributed by atoms with Gasteiger partial charge in [-0.25, -0.2) is 0 Å². The van der Waals surface area contributed by atoms with Crippen molar-refractivity contribution in [2.24, 2.45) is 0 Å². The first-order valence-corrected chi connectivity index (χ1v) is 9.04. The fourth-order valence-corrected chi connectivity index (χ4v) is 2.27. The molecule has 1 aromatic rings. The van der Waals surface area contributed by atoms with Crippen LogP contribution in [0.3, 0.4) is 0 Å². The van der Waals surface area contributed by atoms with Crippen molar-refractivity contribution in [2.75, 3.05) is 5.32 Å². The maximum Gasteiger partial charge on any atom is 0.462 e. The first-order chi connectivity index (χ1) is 16.5. The quantitative estimate of drug-likeness (QED) is 0.308. The SMILES string of the molecule is Cc1ccc(Cl)cc1NC(=O)C(F)(OC(F)(F)C(F)(OC(F)(F)C(F)(F)C(F)(F)F)C(F)(F)F)C(F)(F)F. The van der Waals surface area contributed by atoms with Gasteiger partial charge in [-0.3, -0.25) is 14.3 Å². The molecular weight excluding hydrogens is 613 g/mol. The van der Waals surface area contributed by atoms with Crippen molar-refractivity contribution in [1.29, 1.82) is 0 Å². The summed E-state index contributed by atoms with van der Waals surface area (Å²) < 4.78 is 227. The third kappa shape index (κ3) is 5.97. The van der Waals surface area contributed by atoms with Gasteiger partial charge < -0.3 is 5.32 Å². The highest BCUT2D eigenvalue weighted by molar-refractivity contribution is 6.31. The molecule has 220 valence electrons. The minimum Gasteiger partial charge on any atom is -0.320 e. The van der Waals surface area contributed by atoms with E-state index in [1.807, 2.05) is 4.74 Å². The summed E-state index contributed by atoms with van der Waals surface area (Å²) in [5.74, 6) is -26.3. The summed E-state index contributed by atoms with van der Waals surface area (Å²) in [6.45, 7) is 0.946. The lowest BCUT2D eigenvalue weighted by molar-refractivity contribution is -0.548. The molecular formula is C16H7ClF17NO3. The van der Waals surface area contributed by atoms with Gasteiger partial charge in [0.1, 0.15) is 0 Å². The Kier molecular flexibility index (Phi) is 8.63. The van der Waals surface area contributed by atoms with Crippen molar-refractivity contribution in [2.45, 2.75) is 55.3 Å². The van der Waals surface area contributed by atoms with Crippen LogP contribution in [0.2, 0.25) is 5.02 Å². The van der Waals surface area contributed by atoms with Crippen LogP contribution in [0.4, 0.5) is 80.3 Å². The van der Waals surface area contributed by atoms with E-state index in [4.69, 9.17) is 11.6 Å². The van der Waals surface area contributed by atoms with Crippen molar-refractivity contribution in [3.63, 3.8) is 0 Å². The van der Waals surface area contributed by atoms with Gasteiger partial charge in [0.15, 0.2) is 0 Å². The molecule has 0 fully saturated rings. The average Bonchev–Trinajstić information content (AvgIpc) is 2.67. The number of carbonyl (C=O) groups excluding carboxylic acids is 1. The number of anilines is 1. The number of hydrogen-bond acceptors (Lipinski definition) is 3. The molecule has 2 atom stereocenters. The zero-order chi connectivity index (χ0) is 30.6. The highest BCUT2D eigenvalue weighted by Gasteiger charge is 2.85. The number of ether oxygens (including phenoxy) is 2. The van der Waals surface area contributed by atoms with Crippen LogP contribution in [0, 0.1) is 6.92 Å². The summed E-state index contributed by atoms with van der Waals surface area (Å²) >= 11 is 5.43.